The third kappa shape index (κ3) is 2.38. The van der Waals surface area contributed by atoms with Gasteiger partial charge in [-0.2, -0.15) is 0 Å². The molecule has 0 aliphatic carbocycles. The topological polar surface area (TPSA) is 158 Å². The minimum atomic E-state index is -2.48. The predicted molar refractivity (Wildman–Crippen MR) is 100 cm³/mol. The number of esters is 1. The predicted octanol–water partition coefficient (Wildman–Crippen LogP) is -2.09. The van der Waals surface area contributed by atoms with Crippen LogP contribution in [0.4, 0.5) is 0 Å². The molecule has 10 nitrogen and oxygen atoms in total. The number of nitrogens with zero attached hydrogens (tertiary/aromatic N) is 2. The number of aliphatic hydroxyl groups is 2. The molecule has 0 bridgehead atoms. The maximum atomic E-state index is 12.6. The fraction of sp³-hybridized carbons (Fsp3) is 0.500. The zero-order valence-corrected chi connectivity index (χ0v) is 15.7. The van der Waals surface area contributed by atoms with E-state index in [1.165, 1.54) is 4.58 Å². The van der Waals surface area contributed by atoms with Gasteiger partial charge in [-0.05, 0) is 25.5 Å². The lowest BCUT2D eigenvalue weighted by atomic mass is 9.85. The number of benzene rings is 1. The second-order valence-corrected chi connectivity index (χ2v) is 7.49. The van der Waals surface area contributed by atoms with Crippen LogP contribution in [0.2, 0.25) is 0 Å². The van der Waals surface area contributed by atoms with E-state index in [-0.39, 0.29) is 24.5 Å². The van der Waals surface area contributed by atoms with Crippen LogP contribution < -0.4 is 22.1 Å². The van der Waals surface area contributed by atoms with Crippen LogP contribution in [-0.2, 0) is 4.74 Å². The van der Waals surface area contributed by atoms with E-state index in [0.29, 0.717) is 12.0 Å². The first-order chi connectivity index (χ1) is 13.2. The number of nitrogens with two attached hydrogens (primary N) is 2. The zero-order chi connectivity index (χ0) is 20.3. The Labute approximate surface area is 161 Å². The summed E-state index contributed by atoms with van der Waals surface area (Å²) < 4.78 is 7.02. The Balaban J connectivity index is 1.69. The number of carbonyl (C=O) groups is 1. The molecule has 0 radical (unpaired) electrons. The monoisotopic (exact) mass is 389 g/mol. The van der Waals surface area contributed by atoms with E-state index in [4.69, 9.17) is 16.2 Å². The quantitative estimate of drug-likeness (QED) is 0.195. The summed E-state index contributed by atoms with van der Waals surface area (Å²) in [5.74, 6) is -2.83. The van der Waals surface area contributed by atoms with Crippen molar-refractivity contribution in [1.82, 2.24) is 10.6 Å². The van der Waals surface area contributed by atoms with Gasteiger partial charge in [-0.3, -0.25) is 11.1 Å². The summed E-state index contributed by atoms with van der Waals surface area (Å²) in [4.78, 5) is 16.9. The fourth-order valence-electron chi connectivity index (χ4n) is 4.31. The molecule has 4 rings (SSSR count). The first kappa shape index (κ1) is 18.5. The zero-order valence-electron chi connectivity index (χ0n) is 15.7. The number of aryl methyl sites for hydroxylation is 1. The molecule has 0 saturated carbocycles. The molecule has 1 fully saturated rings. The Morgan fingerprint density at radius 1 is 1.36 bits per heavy atom. The van der Waals surface area contributed by atoms with Crippen molar-refractivity contribution in [3.8, 4) is 0 Å². The molecule has 3 aliphatic rings. The average molecular weight is 389 g/mol. The van der Waals surface area contributed by atoms with Crippen molar-refractivity contribution in [2.24, 2.45) is 16.5 Å². The van der Waals surface area contributed by atoms with Gasteiger partial charge in [0.15, 0.2) is 12.1 Å². The molecule has 1 saturated heterocycles. The number of guanidine groups is 2. The SMILES string of the molecule is CC[C@@H]1NC(N)=[N+]2C[C@H](OC(=O)c3ccc(C)cc3)C(O)(O)[C@@]23NC(N)=N[C@@H]13. The van der Waals surface area contributed by atoms with Gasteiger partial charge < -0.3 is 26.0 Å². The average Bonchev–Trinajstić information content (AvgIpc) is 3.11. The van der Waals surface area contributed by atoms with Crippen molar-refractivity contribution in [3.05, 3.63) is 35.4 Å². The van der Waals surface area contributed by atoms with Crippen LogP contribution in [-0.4, -0.2) is 68.9 Å². The van der Waals surface area contributed by atoms with E-state index in [1.807, 2.05) is 13.8 Å². The van der Waals surface area contributed by atoms with Gasteiger partial charge in [0, 0.05) is 0 Å². The molecule has 0 unspecified atom stereocenters. The number of hydrogen-bond acceptors (Lipinski definition) is 9. The highest BCUT2D eigenvalue weighted by molar-refractivity contribution is 5.89. The second kappa shape index (κ2) is 6.08. The highest BCUT2D eigenvalue weighted by Gasteiger charge is 2.75. The van der Waals surface area contributed by atoms with Crippen LogP contribution in [0.1, 0.15) is 29.3 Å². The molecule has 0 aromatic heterocycles. The molecule has 1 aromatic carbocycles. The van der Waals surface area contributed by atoms with Gasteiger partial charge in [-0.25, -0.2) is 14.4 Å². The summed E-state index contributed by atoms with van der Waals surface area (Å²) in [6.45, 7) is 3.80. The summed E-state index contributed by atoms with van der Waals surface area (Å²) in [6.07, 6.45) is -0.642. The number of nitrogens with one attached hydrogen (secondary N) is 2. The Bertz CT molecular complexity index is 881. The summed E-state index contributed by atoms with van der Waals surface area (Å²) in [5, 5.41) is 28.3. The minimum absolute atomic E-state index is 0.0355. The van der Waals surface area contributed by atoms with Crippen molar-refractivity contribution < 1.29 is 24.3 Å². The molecule has 28 heavy (non-hydrogen) atoms. The smallest absolute Gasteiger partial charge is 0.346 e. The van der Waals surface area contributed by atoms with Crippen LogP contribution in [0.5, 0.6) is 0 Å². The standard InChI is InChI=1S/C18H24N6O4/c1-3-11-13-17(23-15(19)22-13)18(26,27)12(8-24(17)16(20)21-11)28-14(25)10-6-4-9(2)5-7-10/h4-7,11-13,26-27H,3,8H2,1-2H3,(H5,19,20,21,22,23)/p+1/t11-,12-,13-,17-/m0/s1. The first-order valence-electron chi connectivity index (χ1n) is 9.21. The molecule has 0 amide bonds. The van der Waals surface area contributed by atoms with Crippen LogP contribution in [0.3, 0.4) is 0 Å². The molecule has 8 N–H and O–H groups in total. The number of hydrogen-bond donors (Lipinski definition) is 6. The Morgan fingerprint density at radius 3 is 2.68 bits per heavy atom. The molecule has 150 valence electrons. The highest BCUT2D eigenvalue weighted by Crippen LogP contribution is 2.42. The molecule has 4 atom stereocenters. The van der Waals surface area contributed by atoms with Crippen LogP contribution in [0.25, 0.3) is 0 Å². The van der Waals surface area contributed by atoms with Gasteiger partial charge in [0.25, 0.3) is 5.79 Å². The molecule has 1 spiro atoms. The normalized spacial score (nSPS) is 32.7. The molecule has 3 heterocycles. The molecule has 3 aliphatic heterocycles. The largest absolute Gasteiger partial charge is 0.449 e. The number of aliphatic imine (C=N–C) groups is 1. The molecular formula is C18H25N6O4+. The number of carbonyl (C=O) groups excluding carboxylic acids is 1. The van der Waals surface area contributed by atoms with Crippen molar-refractivity contribution in [1.29, 1.82) is 0 Å². The maximum absolute atomic E-state index is 12.6. The second-order valence-electron chi connectivity index (χ2n) is 7.49. The lowest BCUT2D eigenvalue weighted by Crippen LogP contribution is -2.78. The van der Waals surface area contributed by atoms with E-state index < -0.39 is 29.6 Å². The Hall–Kier alpha value is -2.85. The Morgan fingerprint density at radius 2 is 2.04 bits per heavy atom. The van der Waals surface area contributed by atoms with E-state index in [9.17, 15) is 15.0 Å². The van der Waals surface area contributed by atoms with Crippen molar-refractivity contribution in [2.45, 2.75) is 49.9 Å². The van der Waals surface area contributed by atoms with Gasteiger partial charge in [-0.15, -0.1) is 0 Å². The Kier molecular flexibility index (Phi) is 4.02. The van der Waals surface area contributed by atoms with Crippen LogP contribution in [0, 0.1) is 6.92 Å². The maximum Gasteiger partial charge on any atom is 0.346 e. The summed E-state index contributed by atoms with van der Waals surface area (Å²) in [7, 11) is 0. The van der Waals surface area contributed by atoms with Gasteiger partial charge in [0.2, 0.25) is 5.66 Å². The number of rotatable bonds is 3. The van der Waals surface area contributed by atoms with Crippen molar-refractivity contribution in [3.63, 3.8) is 0 Å². The third-order valence-electron chi connectivity index (χ3n) is 5.79. The fourth-order valence-corrected chi connectivity index (χ4v) is 4.31. The van der Waals surface area contributed by atoms with Gasteiger partial charge in [0.05, 0.1) is 5.56 Å². The van der Waals surface area contributed by atoms with E-state index in [2.05, 4.69) is 15.6 Å². The minimum Gasteiger partial charge on any atom is -0.449 e. The van der Waals surface area contributed by atoms with Crippen LogP contribution in [0.15, 0.2) is 29.3 Å². The van der Waals surface area contributed by atoms with Crippen molar-refractivity contribution in [2.75, 3.05) is 6.54 Å². The van der Waals surface area contributed by atoms with E-state index >= 15 is 0 Å². The van der Waals surface area contributed by atoms with Gasteiger partial charge in [0.1, 0.15) is 18.6 Å². The lowest BCUT2D eigenvalue weighted by molar-refractivity contribution is -0.623. The van der Waals surface area contributed by atoms with Gasteiger partial charge >= 0.3 is 11.9 Å². The number of ether oxygens (including phenoxy) is 1. The summed E-state index contributed by atoms with van der Waals surface area (Å²) in [6, 6.07) is 5.91. The summed E-state index contributed by atoms with van der Waals surface area (Å²) in [5.41, 5.74) is 11.8. The van der Waals surface area contributed by atoms with E-state index in [0.717, 1.165) is 5.56 Å². The molecule has 1 aromatic rings. The summed E-state index contributed by atoms with van der Waals surface area (Å²) >= 11 is 0. The highest BCUT2D eigenvalue weighted by atomic mass is 16.6. The van der Waals surface area contributed by atoms with Crippen LogP contribution >= 0.6 is 0 Å². The lowest BCUT2D eigenvalue weighted by Gasteiger charge is -2.43. The molecular weight excluding hydrogens is 364 g/mol. The first-order valence-corrected chi connectivity index (χ1v) is 9.21. The third-order valence-corrected chi connectivity index (χ3v) is 5.79. The van der Waals surface area contributed by atoms with Gasteiger partial charge in [-0.1, -0.05) is 24.6 Å². The van der Waals surface area contributed by atoms with Crippen molar-refractivity contribution >= 4 is 17.9 Å². The van der Waals surface area contributed by atoms with E-state index in [1.54, 1.807) is 24.3 Å². The molecule has 10 heteroatoms.